The van der Waals surface area contributed by atoms with Crippen molar-refractivity contribution in [3.63, 3.8) is 0 Å². The molecule has 1 nitrogen and oxygen atoms in total. The topological polar surface area (TPSA) is 12.0 Å². The van der Waals surface area contributed by atoms with Crippen molar-refractivity contribution in [2.45, 2.75) is 45.4 Å². The molecule has 1 aliphatic heterocycles. The first kappa shape index (κ1) is 12.6. The molecule has 0 spiro atoms. The number of aryl methyl sites for hydroxylation is 1. The van der Waals surface area contributed by atoms with Crippen LogP contribution in [0.4, 0.5) is 0 Å². The predicted octanol–water partition coefficient (Wildman–Crippen LogP) is 3.66. The Morgan fingerprint density at radius 2 is 1.71 bits per heavy atom. The van der Waals surface area contributed by atoms with E-state index >= 15 is 0 Å². The summed E-state index contributed by atoms with van der Waals surface area (Å²) in [4.78, 5) is 0. The first-order chi connectivity index (χ1) is 8.20. The summed E-state index contributed by atoms with van der Waals surface area (Å²) in [5.41, 5.74) is 3.32. The third kappa shape index (κ3) is 2.55. The highest BCUT2D eigenvalue weighted by Gasteiger charge is 2.39. The molecule has 0 atom stereocenters. The lowest BCUT2D eigenvalue weighted by Crippen LogP contribution is -2.57. The maximum Gasteiger partial charge on any atom is 0.0205 e. The average molecular weight is 231 g/mol. The van der Waals surface area contributed by atoms with Crippen molar-refractivity contribution in [1.82, 2.24) is 5.32 Å². The molecule has 0 bridgehead atoms. The molecular formula is C16H25N. The first-order valence-electron chi connectivity index (χ1n) is 6.98. The van der Waals surface area contributed by atoms with E-state index in [1.807, 2.05) is 0 Å². The van der Waals surface area contributed by atoms with E-state index < -0.39 is 0 Å². The normalized spacial score (nSPS) is 18.1. The van der Waals surface area contributed by atoms with Gasteiger partial charge in [-0.15, -0.1) is 0 Å². The zero-order valence-corrected chi connectivity index (χ0v) is 11.4. The van der Waals surface area contributed by atoms with Crippen molar-refractivity contribution in [1.29, 1.82) is 0 Å². The number of rotatable bonds is 5. The van der Waals surface area contributed by atoms with Crippen LogP contribution in [0.15, 0.2) is 24.3 Å². The second kappa shape index (κ2) is 5.22. The molecule has 94 valence electrons. The van der Waals surface area contributed by atoms with Gasteiger partial charge in [0.05, 0.1) is 0 Å². The Balaban J connectivity index is 2.16. The van der Waals surface area contributed by atoms with Gasteiger partial charge in [0, 0.05) is 18.5 Å². The van der Waals surface area contributed by atoms with Crippen molar-refractivity contribution >= 4 is 0 Å². The van der Waals surface area contributed by atoms with Crippen LogP contribution in [0, 0.1) is 12.8 Å². The van der Waals surface area contributed by atoms with E-state index in [0.29, 0.717) is 5.41 Å². The third-order valence-corrected chi connectivity index (χ3v) is 4.42. The molecule has 1 N–H and O–H groups in total. The molecule has 0 amide bonds. The molecule has 0 unspecified atom stereocenters. The van der Waals surface area contributed by atoms with E-state index in [-0.39, 0.29) is 0 Å². The fourth-order valence-electron chi connectivity index (χ4n) is 2.93. The largest absolute Gasteiger partial charge is 0.315 e. The molecule has 1 saturated heterocycles. The molecule has 0 saturated carbocycles. The molecule has 0 radical (unpaired) electrons. The summed E-state index contributed by atoms with van der Waals surface area (Å²) in [5.74, 6) is 0.874. The van der Waals surface area contributed by atoms with Gasteiger partial charge in [0.2, 0.25) is 0 Å². The number of benzene rings is 1. The number of hydrogen-bond donors (Lipinski definition) is 1. The van der Waals surface area contributed by atoms with Crippen molar-refractivity contribution in [2.75, 3.05) is 13.1 Å². The maximum atomic E-state index is 3.47. The Bertz CT molecular complexity index is 344. The molecule has 17 heavy (non-hydrogen) atoms. The monoisotopic (exact) mass is 231 g/mol. The lowest BCUT2D eigenvalue weighted by molar-refractivity contribution is 0.211. The zero-order valence-electron chi connectivity index (χ0n) is 11.4. The summed E-state index contributed by atoms with van der Waals surface area (Å²) in [6.45, 7) is 9.13. The molecule has 0 aliphatic carbocycles. The standard InChI is InChI=1S/C16H25N/c1-4-14(5-2)10-16(11-17-12-16)15-8-6-13(3)7-9-15/h6-9,14,17H,4-5,10-12H2,1-3H3. The smallest absolute Gasteiger partial charge is 0.0205 e. The Hall–Kier alpha value is -0.820. The van der Waals surface area contributed by atoms with E-state index in [2.05, 4.69) is 50.4 Å². The van der Waals surface area contributed by atoms with Crippen molar-refractivity contribution in [3.8, 4) is 0 Å². The summed E-state index contributed by atoms with van der Waals surface area (Å²) in [7, 11) is 0. The molecule has 1 aromatic rings. The van der Waals surface area contributed by atoms with Gasteiger partial charge >= 0.3 is 0 Å². The predicted molar refractivity (Wildman–Crippen MR) is 74.4 cm³/mol. The zero-order chi connectivity index (χ0) is 12.3. The van der Waals surface area contributed by atoms with E-state index in [4.69, 9.17) is 0 Å². The van der Waals surface area contributed by atoms with Gasteiger partial charge in [0.1, 0.15) is 0 Å². The SMILES string of the molecule is CCC(CC)CC1(c2ccc(C)cc2)CNC1. The minimum atomic E-state index is 0.421. The number of nitrogens with one attached hydrogen (secondary N) is 1. The van der Waals surface area contributed by atoms with Crippen LogP contribution in [0.25, 0.3) is 0 Å². The van der Waals surface area contributed by atoms with Gasteiger partial charge in [-0.05, 0) is 24.8 Å². The van der Waals surface area contributed by atoms with E-state index in [1.165, 1.54) is 30.4 Å². The highest BCUT2D eigenvalue weighted by Crippen LogP contribution is 2.37. The Kier molecular flexibility index (Phi) is 3.88. The van der Waals surface area contributed by atoms with Crippen molar-refractivity contribution in [3.05, 3.63) is 35.4 Å². The number of hydrogen-bond acceptors (Lipinski definition) is 1. The van der Waals surface area contributed by atoms with Crippen LogP contribution in [0.3, 0.4) is 0 Å². The second-order valence-corrected chi connectivity index (χ2v) is 5.64. The van der Waals surface area contributed by atoms with Gasteiger partial charge in [-0.25, -0.2) is 0 Å². The molecule has 1 aliphatic rings. The van der Waals surface area contributed by atoms with Crippen molar-refractivity contribution in [2.24, 2.45) is 5.92 Å². The lowest BCUT2D eigenvalue weighted by Gasteiger charge is -2.45. The van der Waals surface area contributed by atoms with Gasteiger partial charge in [0.25, 0.3) is 0 Å². The molecule has 2 rings (SSSR count). The minimum absolute atomic E-state index is 0.421. The third-order valence-electron chi connectivity index (χ3n) is 4.42. The molecule has 1 aromatic carbocycles. The fourth-order valence-corrected chi connectivity index (χ4v) is 2.93. The van der Waals surface area contributed by atoms with Crippen LogP contribution in [0.2, 0.25) is 0 Å². The second-order valence-electron chi connectivity index (χ2n) is 5.64. The fraction of sp³-hybridized carbons (Fsp3) is 0.625. The van der Waals surface area contributed by atoms with E-state index in [0.717, 1.165) is 19.0 Å². The quantitative estimate of drug-likeness (QED) is 0.815. The Labute approximate surface area is 106 Å². The van der Waals surface area contributed by atoms with Gasteiger partial charge in [0.15, 0.2) is 0 Å². The first-order valence-corrected chi connectivity index (χ1v) is 6.98. The Morgan fingerprint density at radius 3 is 2.12 bits per heavy atom. The molecule has 1 fully saturated rings. The van der Waals surface area contributed by atoms with Crippen LogP contribution in [0.5, 0.6) is 0 Å². The summed E-state index contributed by atoms with van der Waals surface area (Å²) < 4.78 is 0. The summed E-state index contributed by atoms with van der Waals surface area (Å²) in [6, 6.07) is 9.17. The van der Waals surface area contributed by atoms with Crippen LogP contribution < -0.4 is 5.32 Å². The average Bonchev–Trinajstić information content (AvgIpc) is 2.30. The maximum absolute atomic E-state index is 3.47. The van der Waals surface area contributed by atoms with Crippen LogP contribution in [-0.4, -0.2) is 13.1 Å². The highest BCUT2D eigenvalue weighted by molar-refractivity contribution is 5.32. The van der Waals surface area contributed by atoms with E-state index in [9.17, 15) is 0 Å². The molecule has 1 heterocycles. The van der Waals surface area contributed by atoms with Crippen molar-refractivity contribution < 1.29 is 0 Å². The highest BCUT2D eigenvalue weighted by atomic mass is 15.0. The Morgan fingerprint density at radius 1 is 1.12 bits per heavy atom. The van der Waals surface area contributed by atoms with Gasteiger partial charge in [-0.3, -0.25) is 0 Å². The summed E-state index contributed by atoms with van der Waals surface area (Å²) in [5, 5.41) is 3.47. The lowest BCUT2D eigenvalue weighted by atomic mass is 9.68. The van der Waals surface area contributed by atoms with Crippen LogP contribution in [-0.2, 0) is 5.41 Å². The molecule has 0 aromatic heterocycles. The van der Waals surface area contributed by atoms with Gasteiger partial charge < -0.3 is 5.32 Å². The molecule has 1 heteroatoms. The summed E-state index contributed by atoms with van der Waals surface area (Å²) >= 11 is 0. The molecular weight excluding hydrogens is 206 g/mol. The van der Waals surface area contributed by atoms with E-state index in [1.54, 1.807) is 0 Å². The minimum Gasteiger partial charge on any atom is -0.315 e. The van der Waals surface area contributed by atoms with Crippen LogP contribution in [0.1, 0.15) is 44.2 Å². The van der Waals surface area contributed by atoms with Crippen LogP contribution >= 0.6 is 0 Å². The summed E-state index contributed by atoms with van der Waals surface area (Å²) in [6.07, 6.45) is 3.96. The van der Waals surface area contributed by atoms with Gasteiger partial charge in [-0.1, -0.05) is 56.5 Å². The van der Waals surface area contributed by atoms with Gasteiger partial charge in [-0.2, -0.15) is 0 Å².